The van der Waals surface area contributed by atoms with E-state index in [0.29, 0.717) is 31.8 Å². The van der Waals surface area contributed by atoms with Gasteiger partial charge in [0.25, 0.3) is 10.2 Å². The van der Waals surface area contributed by atoms with E-state index < -0.39 is 22.2 Å². The van der Waals surface area contributed by atoms with Crippen molar-refractivity contribution in [2.75, 3.05) is 26.7 Å². The Morgan fingerprint density at radius 2 is 2.10 bits per heavy atom. The molecule has 8 heteroatoms. The number of nitrogens with zero attached hydrogens (tertiary/aromatic N) is 2. The topological polar surface area (TPSA) is 92.9 Å². The summed E-state index contributed by atoms with van der Waals surface area (Å²) in [6.07, 6.45) is 3.22. The molecule has 0 amide bonds. The van der Waals surface area contributed by atoms with Gasteiger partial charge in [0.2, 0.25) is 0 Å². The first kappa shape index (κ1) is 16.7. The highest BCUT2D eigenvalue weighted by Crippen LogP contribution is 2.36. The number of likely N-dealkylation sites (N-methyl/N-ethyl adjacent to an activating group) is 1. The third-order valence-corrected chi connectivity index (χ3v) is 6.33. The Balaban J connectivity index is 2.15. The van der Waals surface area contributed by atoms with E-state index in [1.165, 1.54) is 8.61 Å². The summed E-state index contributed by atoms with van der Waals surface area (Å²) in [6.45, 7) is 2.64. The first-order valence-corrected chi connectivity index (χ1v) is 8.94. The van der Waals surface area contributed by atoms with Crippen LogP contribution >= 0.6 is 0 Å². The quantitative estimate of drug-likeness (QED) is 0.663. The molecule has 122 valence electrons. The summed E-state index contributed by atoms with van der Waals surface area (Å²) >= 11 is 0. The highest BCUT2D eigenvalue weighted by atomic mass is 32.2. The number of carbonyl (C=O) groups is 1. The van der Waals surface area contributed by atoms with E-state index in [4.69, 9.17) is 10.5 Å². The number of rotatable bonds is 7. The molecule has 0 bridgehead atoms. The van der Waals surface area contributed by atoms with Crippen LogP contribution in [-0.2, 0) is 19.7 Å². The fourth-order valence-corrected chi connectivity index (χ4v) is 4.75. The minimum atomic E-state index is -3.68. The smallest absolute Gasteiger partial charge is 0.324 e. The minimum absolute atomic E-state index is 0.182. The lowest BCUT2D eigenvalue weighted by Gasteiger charge is -2.32. The lowest BCUT2D eigenvalue weighted by atomic mass is 10.2. The summed E-state index contributed by atoms with van der Waals surface area (Å²) in [5, 5.41) is 0. The number of hydrogen-bond acceptors (Lipinski definition) is 5. The molecular formula is C13H25N3O4S. The van der Waals surface area contributed by atoms with Gasteiger partial charge in [-0.05, 0) is 38.5 Å². The van der Waals surface area contributed by atoms with Gasteiger partial charge >= 0.3 is 5.97 Å². The minimum Gasteiger partial charge on any atom is -0.465 e. The van der Waals surface area contributed by atoms with Gasteiger partial charge in [0.15, 0.2) is 0 Å². The van der Waals surface area contributed by atoms with Crippen molar-refractivity contribution < 1.29 is 17.9 Å². The summed E-state index contributed by atoms with van der Waals surface area (Å²) in [4.78, 5) is 11.9. The summed E-state index contributed by atoms with van der Waals surface area (Å²) in [7, 11) is -2.12. The maximum absolute atomic E-state index is 12.8. The fraction of sp³-hybridized carbons (Fsp3) is 0.923. The zero-order valence-corrected chi connectivity index (χ0v) is 13.5. The third kappa shape index (κ3) is 3.39. The van der Waals surface area contributed by atoms with Crippen LogP contribution in [0.1, 0.15) is 32.6 Å². The first-order valence-electron chi connectivity index (χ1n) is 7.55. The SMILES string of the molecule is CCOC(=O)C1CCCN1S(=O)(=O)N(C)C(CN)C1CC1. The third-order valence-electron chi connectivity index (χ3n) is 4.30. The molecule has 0 radical (unpaired) electrons. The van der Waals surface area contributed by atoms with Crippen molar-refractivity contribution in [2.45, 2.75) is 44.7 Å². The van der Waals surface area contributed by atoms with Gasteiger partial charge in [-0.1, -0.05) is 0 Å². The number of nitrogens with two attached hydrogens (primary N) is 1. The Hall–Kier alpha value is -0.700. The van der Waals surface area contributed by atoms with Gasteiger partial charge in [-0.3, -0.25) is 4.79 Å². The summed E-state index contributed by atoms with van der Waals surface area (Å²) in [6, 6.07) is -0.881. The van der Waals surface area contributed by atoms with Gasteiger partial charge in [-0.2, -0.15) is 17.0 Å². The Labute approximate surface area is 126 Å². The molecule has 2 aliphatic rings. The monoisotopic (exact) mass is 319 g/mol. The standard InChI is InChI=1S/C13H25N3O4S/c1-3-20-13(17)11-5-4-8-16(11)21(18,19)15(2)12(9-14)10-6-7-10/h10-12H,3-9,14H2,1-2H3. The fourth-order valence-electron chi connectivity index (χ4n) is 2.95. The predicted molar refractivity (Wildman–Crippen MR) is 78.6 cm³/mol. The van der Waals surface area contributed by atoms with Gasteiger partial charge in [0, 0.05) is 26.2 Å². The largest absolute Gasteiger partial charge is 0.465 e. The van der Waals surface area contributed by atoms with Crippen molar-refractivity contribution in [3.05, 3.63) is 0 Å². The number of ether oxygens (including phenoxy) is 1. The Morgan fingerprint density at radius 3 is 2.62 bits per heavy atom. The Morgan fingerprint density at radius 1 is 1.43 bits per heavy atom. The average molecular weight is 319 g/mol. The molecule has 7 nitrogen and oxygen atoms in total. The second-order valence-electron chi connectivity index (χ2n) is 5.69. The lowest BCUT2D eigenvalue weighted by molar-refractivity contribution is -0.146. The van der Waals surface area contributed by atoms with Gasteiger partial charge in [0.05, 0.1) is 6.61 Å². The summed E-state index contributed by atoms with van der Waals surface area (Å²) in [5.41, 5.74) is 5.74. The van der Waals surface area contributed by atoms with E-state index in [1.807, 2.05) is 0 Å². The van der Waals surface area contributed by atoms with Crippen LogP contribution in [0.2, 0.25) is 0 Å². The van der Waals surface area contributed by atoms with E-state index >= 15 is 0 Å². The zero-order chi connectivity index (χ0) is 15.6. The van der Waals surface area contributed by atoms with Crippen LogP contribution in [0, 0.1) is 5.92 Å². The van der Waals surface area contributed by atoms with Gasteiger partial charge in [-0.25, -0.2) is 0 Å². The van der Waals surface area contributed by atoms with Gasteiger partial charge in [-0.15, -0.1) is 0 Å². The second-order valence-corrected chi connectivity index (χ2v) is 7.63. The average Bonchev–Trinajstić information content (AvgIpc) is 3.14. The summed E-state index contributed by atoms with van der Waals surface area (Å²) < 4.78 is 33.2. The van der Waals surface area contributed by atoms with Gasteiger partial charge < -0.3 is 10.5 Å². The molecule has 0 aromatic carbocycles. The number of esters is 1. The number of carbonyl (C=O) groups excluding carboxylic acids is 1. The molecule has 1 aliphatic heterocycles. The highest BCUT2D eigenvalue weighted by molar-refractivity contribution is 7.86. The summed E-state index contributed by atoms with van der Waals surface area (Å²) in [5.74, 6) is -0.110. The maximum Gasteiger partial charge on any atom is 0.324 e. The first-order chi connectivity index (χ1) is 9.93. The van der Waals surface area contributed by atoms with Crippen molar-refractivity contribution in [1.82, 2.24) is 8.61 Å². The zero-order valence-electron chi connectivity index (χ0n) is 12.7. The molecule has 1 aliphatic carbocycles. The highest BCUT2D eigenvalue weighted by Gasteiger charge is 2.45. The molecule has 0 aromatic heterocycles. The van der Waals surface area contributed by atoms with E-state index in [2.05, 4.69) is 0 Å². The molecule has 2 atom stereocenters. The van der Waals surface area contributed by atoms with Crippen LogP contribution in [0.4, 0.5) is 0 Å². The van der Waals surface area contributed by atoms with E-state index in [9.17, 15) is 13.2 Å². The molecule has 1 saturated carbocycles. The van der Waals surface area contributed by atoms with Crippen LogP contribution in [0.15, 0.2) is 0 Å². The van der Waals surface area contributed by atoms with Crippen molar-refractivity contribution in [3.8, 4) is 0 Å². The van der Waals surface area contributed by atoms with Crippen molar-refractivity contribution in [2.24, 2.45) is 11.7 Å². The van der Waals surface area contributed by atoms with Crippen molar-refractivity contribution in [3.63, 3.8) is 0 Å². The van der Waals surface area contributed by atoms with Crippen LogP contribution in [-0.4, -0.2) is 61.8 Å². The molecular weight excluding hydrogens is 294 g/mol. The van der Waals surface area contributed by atoms with E-state index in [0.717, 1.165) is 12.8 Å². The van der Waals surface area contributed by atoms with Crippen molar-refractivity contribution in [1.29, 1.82) is 0 Å². The molecule has 2 N–H and O–H groups in total. The normalized spacial score (nSPS) is 25.2. The second kappa shape index (κ2) is 6.60. The Kier molecular flexibility index (Phi) is 5.24. The Bertz CT molecular complexity index is 478. The van der Waals surface area contributed by atoms with Crippen LogP contribution < -0.4 is 5.73 Å². The predicted octanol–water partition coefficient (Wildman–Crippen LogP) is -0.0722. The molecule has 1 heterocycles. The van der Waals surface area contributed by atoms with Crippen LogP contribution in [0.3, 0.4) is 0 Å². The lowest BCUT2D eigenvalue weighted by Crippen LogP contribution is -2.52. The molecule has 2 fully saturated rings. The van der Waals surface area contributed by atoms with E-state index in [1.54, 1.807) is 14.0 Å². The van der Waals surface area contributed by atoms with Crippen LogP contribution in [0.5, 0.6) is 0 Å². The maximum atomic E-state index is 12.8. The molecule has 2 rings (SSSR count). The molecule has 0 spiro atoms. The molecule has 2 unspecified atom stereocenters. The van der Waals surface area contributed by atoms with Crippen LogP contribution in [0.25, 0.3) is 0 Å². The van der Waals surface area contributed by atoms with E-state index in [-0.39, 0.29) is 12.6 Å². The van der Waals surface area contributed by atoms with Crippen molar-refractivity contribution >= 4 is 16.2 Å². The molecule has 21 heavy (non-hydrogen) atoms. The molecule has 1 saturated heterocycles. The number of hydrogen-bond donors (Lipinski definition) is 1. The molecule has 0 aromatic rings. The van der Waals surface area contributed by atoms with Gasteiger partial charge in [0.1, 0.15) is 6.04 Å².